The number of ether oxygens (including phenoxy) is 1. The molecule has 26 heavy (non-hydrogen) atoms. The normalized spacial score (nSPS) is 15.7. The van der Waals surface area contributed by atoms with Gasteiger partial charge < -0.3 is 15.4 Å². The second-order valence-corrected chi connectivity index (χ2v) is 6.03. The SMILES string of the molecule is CN=C(NCCCc1nnc2ccccn12)NCCN1CCOCC1.I. The highest BCUT2D eigenvalue weighted by Gasteiger charge is 2.09. The summed E-state index contributed by atoms with van der Waals surface area (Å²) in [6, 6.07) is 5.94. The van der Waals surface area contributed by atoms with Gasteiger partial charge in [-0.2, -0.15) is 0 Å². The van der Waals surface area contributed by atoms with Crippen LogP contribution >= 0.6 is 24.0 Å². The molecule has 8 nitrogen and oxygen atoms in total. The summed E-state index contributed by atoms with van der Waals surface area (Å²) in [4.78, 5) is 6.68. The Hall–Kier alpha value is -1.46. The lowest BCUT2D eigenvalue weighted by molar-refractivity contribution is 0.0389. The molecule has 1 fully saturated rings. The molecule has 2 N–H and O–H groups in total. The van der Waals surface area contributed by atoms with Gasteiger partial charge >= 0.3 is 0 Å². The van der Waals surface area contributed by atoms with Crippen LogP contribution in [-0.2, 0) is 11.2 Å². The van der Waals surface area contributed by atoms with Crippen molar-refractivity contribution in [1.29, 1.82) is 0 Å². The number of aromatic nitrogens is 3. The first kappa shape index (κ1) is 20.8. The third-order valence-corrected chi connectivity index (χ3v) is 4.30. The van der Waals surface area contributed by atoms with E-state index in [1.807, 2.05) is 28.8 Å². The molecule has 1 aliphatic rings. The van der Waals surface area contributed by atoms with Crippen molar-refractivity contribution in [2.24, 2.45) is 4.99 Å². The van der Waals surface area contributed by atoms with E-state index in [2.05, 4.69) is 30.7 Å². The molecule has 0 radical (unpaired) electrons. The lowest BCUT2D eigenvalue weighted by Crippen LogP contribution is -2.44. The maximum atomic E-state index is 5.36. The predicted octanol–water partition coefficient (Wildman–Crippen LogP) is 0.777. The minimum atomic E-state index is 0. The first-order valence-electron chi connectivity index (χ1n) is 8.90. The Morgan fingerprint density at radius 1 is 1.19 bits per heavy atom. The van der Waals surface area contributed by atoms with Crippen molar-refractivity contribution in [3.63, 3.8) is 0 Å². The molecule has 1 aliphatic heterocycles. The number of fused-ring (bicyclic) bond motifs is 1. The predicted molar refractivity (Wildman–Crippen MR) is 113 cm³/mol. The molecule has 1 saturated heterocycles. The van der Waals surface area contributed by atoms with Crippen LogP contribution in [0.2, 0.25) is 0 Å². The fourth-order valence-electron chi connectivity index (χ4n) is 2.89. The number of pyridine rings is 1. The molecule has 0 unspecified atom stereocenters. The van der Waals surface area contributed by atoms with E-state index in [1.165, 1.54) is 0 Å². The smallest absolute Gasteiger partial charge is 0.191 e. The average molecular weight is 473 g/mol. The highest BCUT2D eigenvalue weighted by Crippen LogP contribution is 2.04. The Balaban J connectivity index is 0.00000243. The van der Waals surface area contributed by atoms with Crippen LogP contribution in [0.4, 0.5) is 0 Å². The highest BCUT2D eigenvalue weighted by molar-refractivity contribution is 14.0. The number of hydrogen-bond acceptors (Lipinski definition) is 5. The maximum absolute atomic E-state index is 5.36. The minimum Gasteiger partial charge on any atom is -0.379 e. The molecule has 2 aromatic heterocycles. The van der Waals surface area contributed by atoms with Gasteiger partial charge in [-0.25, -0.2) is 0 Å². The summed E-state index contributed by atoms with van der Waals surface area (Å²) in [6.07, 6.45) is 3.85. The molecule has 0 spiro atoms. The number of nitrogens with one attached hydrogen (secondary N) is 2. The van der Waals surface area contributed by atoms with Crippen LogP contribution in [-0.4, -0.2) is 78.4 Å². The van der Waals surface area contributed by atoms with Gasteiger partial charge in [-0.1, -0.05) is 6.07 Å². The van der Waals surface area contributed by atoms with Crippen molar-refractivity contribution in [3.05, 3.63) is 30.2 Å². The van der Waals surface area contributed by atoms with Crippen LogP contribution < -0.4 is 10.6 Å². The van der Waals surface area contributed by atoms with E-state index < -0.39 is 0 Å². The van der Waals surface area contributed by atoms with Gasteiger partial charge in [0.05, 0.1) is 13.2 Å². The number of aryl methyl sites for hydroxylation is 1. The van der Waals surface area contributed by atoms with Crippen LogP contribution in [0.3, 0.4) is 0 Å². The van der Waals surface area contributed by atoms with Gasteiger partial charge in [-0.05, 0) is 18.6 Å². The number of guanidine groups is 1. The lowest BCUT2D eigenvalue weighted by Gasteiger charge is -2.26. The molecule has 0 aliphatic carbocycles. The number of morpholine rings is 1. The zero-order chi connectivity index (χ0) is 17.3. The molecule has 0 aromatic carbocycles. The summed E-state index contributed by atoms with van der Waals surface area (Å²) in [5.41, 5.74) is 0.894. The Morgan fingerprint density at radius 3 is 2.81 bits per heavy atom. The fourth-order valence-corrected chi connectivity index (χ4v) is 2.89. The molecule has 0 atom stereocenters. The van der Waals surface area contributed by atoms with Crippen LogP contribution in [0.25, 0.3) is 5.65 Å². The van der Waals surface area contributed by atoms with Gasteiger partial charge in [-0.15, -0.1) is 34.2 Å². The van der Waals surface area contributed by atoms with Crippen molar-refractivity contribution in [3.8, 4) is 0 Å². The standard InChI is InChI=1S/C17H27N7O.HI/c1-18-17(20-8-10-23-11-13-25-14-12-23)19-7-4-6-16-22-21-15-5-2-3-9-24(15)16;/h2-3,5,9H,4,6-8,10-14H2,1H3,(H2,18,19,20);1H. The largest absolute Gasteiger partial charge is 0.379 e. The summed E-state index contributed by atoms with van der Waals surface area (Å²) >= 11 is 0. The second-order valence-electron chi connectivity index (χ2n) is 6.03. The average Bonchev–Trinajstić information content (AvgIpc) is 3.08. The topological polar surface area (TPSA) is 79.1 Å². The molecule has 3 rings (SSSR count). The molecule has 0 bridgehead atoms. The van der Waals surface area contributed by atoms with Crippen LogP contribution in [0.1, 0.15) is 12.2 Å². The Labute approximate surface area is 171 Å². The monoisotopic (exact) mass is 473 g/mol. The Kier molecular flexibility index (Phi) is 9.06. The quantitative estimate of drug-likeness (QED) is 0.268. The number of rotatable bonds is 7. The molecule has 144 valence electrons. The molecule has 9 heteroatoms. The first-order chi connectivity index (χ1) is 12.4. The number of halogens is 1. The third-order valence-electron chi connectivity index (χ3n) is 4.30. The van der Waals surface area contributed by atoms with Gasteiger partial charge in [0.15, 0.2) is 11.6 Å². The number of nitrogens with zero attached hydrogens (tertiary/aromatic N) is 5. The third kappa shape index (κ3) is 6.06. The summed E-state index contributed by atoms with van der Waals surface area (Å²) in [7, 11) is 1.80. The van der Waals surface area contributed by atoms with E-state index in [4.69, 9.17) is 4.74 Å². The van der Waals surface area contributed by atoms with Gasteiger partial charge in [0.1, 0.15) is 5.82 Å². The first-order valence-corrected chi connectivity index (χ1v) is 8.90. The summed E-state index contributed by atoms with van der Waals surface area (Å²) in [6.45, 7) is 6.44. The van der Waals surface area contributed by atoms with E-state index in [1.54, 1.807) is 7.05 Å². The molecule has 0 amide bonds. The van der Waals surface area contributed by atoms with Crippen molar-refractivity contribution >= 4 is 35.6 Å². The van der Waals surface area contributed by atoms with Gasteiger partial charge in [0.25, 0.3) is 0 Å². The summed E-state index contributed by atoms with van der Waals surface area (Å²) < 4.78 is 7.40. The van der Waals surface area contributed by atoms with Crippen LogP contribution in [0.5, 0.6) is 0 Å². The van der Waals surface area contributed by atoms with E-state index >= 15 is 0 Å². The fraction of sp³-hybridized carbons (Fsp3) is 0.588. The minimum absolute atomic E-state index is 0. The Bertz CT molecular complexity index is 685. The molecule has 0 saturated carbocycles. The highest BCUT2D eigenvalue weighted by atomic mass is 127. The second kappa shape index (κ2) is 11.3. The lowest BCUT2D eigenvalue weighted by atomic mass is 10.3. The van der Waals surface area contributed by atoms with Crippen LogP contribution in [0.15, 0.2) is 29.4 Å². The summed E-state index contributed by atoms with van der Waals surface area (Å²) in [5, 5.41) is 15.2. The van der Waals surface area contributed by atoms with Crippen LogP contribution in [0, 0.1) is 0 Å². The van der Waals surface area contributed by atoms with Gasteiger partial charge in [-0.3, -0.25) is 14.3 Å². The molecular weight excluding hydrogens is 445 g/mol. The van der Waals surface area contributed by atoms with Crippen molar-refractivity contribution in [1.82, 2.24) is 30.1 Å². The van der Waals surface area contributed by atoms with E-state index in [0.29, 0.717) is 0 Å². The molecular formula is C17H28IN7O. The van der Waals surface area contributed by atoms with E-state index in [-0.39, 0.29) is 24.0 Å². The van der Waals surface area contributed by atoms with E-state index in [0.717, 1.165) is 76.2 Å². The Morgan fingerprint density at radius 2 is 2.00 bits per heavy atom. The van der Waals surface area contributed by atoms with Crippen molar-refractivity contribution < 1.29 is 4.74 Å². The molecule has 2 aromatic rings. The van der Waals surface area contributed by atoms with Crippen molar-refractivity contribution in [2.45, 2.75) is 12.8 Å². The number of aliphatic imine (C=N–C) groups is 1. The van der Waals surface area contributed by atoms with Gasteiger partial charge in [0, 0.05) is 52.4 Å². The summed E-state index contributed by atoms with van der Waals surface area (Å²) in [5.74, 6) is 1.84. The van der Waals surface area contributed by atoms with E-state index in [9.17, 15) is 0 Å². The van der Waals surface area contributed by atoms with Gasteiger partial charge in [0.2, 0.25) is 0 Å². The zero-order valence-electron chi connectivity index (χ0n) is 15.2. The molecule has 3 heterocycles. The van der Waals surface area contributed by atoms with Crippen molar-refractivity contribution in [2.75, 3.05) is 53.0 Å². The number of hydrogen-bond donors (Lipinski definition) is 2. The zero-order valence-corrected chi connectivity index (χ0v) is 17.6. The maximum Gasteiger partial charge on any atom is 0.191 e.